The van der Waals surface area contributed by atoms with E-state index < -0.39 is 29.3 Å². The summed E-state index contributed by atoms with van der Waals surface area (Å²) >= 11 is -2.18. The van der Waals surface area contributed by atoms with Gasteiger partial charge in [-0.05, 0) is 75.3 Å². The third-order valence-electron chi connectivity index (χ3n) is 5.74. The molecule has 0 amide bonds. The monoisotopic (exact) mass is 546 g/mol. The second-order valence-electron chi connectivity index (χ2n) is 10.1. The Morgan fingerprint density at radius 3 is 2.55 bits per heavy atom. The third kappa shape index (κ3) is 7.63. The van der Waals surface area contributed by atoms with Crippen LogP contribution >= 0.6 is 0 Å². The summed E-state index contributed by atoms with van der Waals surface area (Å²) in [7, 11) is 0. The van der Waals surface area contributed by atoms with E-state index in [9.17, 15) is 21.9 Å². The molecule has 1 aromatic carbocycles. The lowest BCUT2D eigenvalue weighted by Gasteiger charge is -2.22. The number of halogens is 3. The summed E-state index contributed by atoms with van der Waals surface area (Å²) in [5.74, 6) is 6.45. The van der Waals surface area contributed by atoms with Crippen molar-refractivity contribution in [2.75, 3.05) is 17.2 Å². The maximum absolute atomic E-state index is 13.0. The number of nitrogens with zero attached hydrogens (tertiary/aromatic N) is 3. The van der Waals surface area contributed by atoms with E-state index in [1.807, 2.05) is 20.8 Å². The van der Waals surface area contributed by atoms with Crippen LogP contribution in [0.15, 0.2) is 35.2 Å². The largest absolute Gasteiger partial charge is 0.405 e. The zero-order valence-corrected chi connectivity index (χ0v) is 22.0. The molecule has 2 unspecified atom stereocenters. The number of rotatable bonds is 8. The quantitative estimate of drug-likeness (QED) is 0.235. The molecule has 1 aliphatic carbocycles. The first-order chi connectivity index (χ1) is 17.8. The summed E-state index contributed by atoms with van der Waals surface area (Å²) < 4.78 is 60.5. The first kappa shape index (κ1) is 27.8. The molecule has 4 rings (SSSR count). The van der Waals surface area contributed by atoms with Crippen molar-refractivity contribution in [3.63, 3.8) is 0 Å². The molecule has 1 aliphatic rings. The van der Waals surface area contributed by atoms with E-state index >= 15 is 0 Å². The van der Waals surface area contributed by atoms with E-state index in [2.05, 4.69) is 37.4 Å². The highest BCUT2D eigenvalue weighted by Gasteiger charge is 2.28. The molecule has 2 aromatic heterocycles. The number of anilines is 2. The predicted molar refractivity (Wildman–Crippen MR) is 141 cm³/mol. The highest BCUT2D eigenvalue weighted by atomic mass is 32.2. The van der Waals surface area contributed by atoms with Gasteiger partial charge in [0, 0.05) is 11.5 Å². The van der Waals surface area contributed by atoms with Gasteiger partial charge in [0.25, 0.3) is 0 Å². The van der Waals surface area contributed by atoms with Gasteiger partial charge >= 0.3 is 6.18 Å². The molecule has 0 spiro atoms. The van der Waals surface area contributed by atoms with Gasteiger partial charge in [-0.3, -0.25) is 0 Å². The minimum atomic E-state index is -4.46. The van der Waals surface area contributed by atoms with E-state index in [1.54, 1.807) is 30.3 Å². The molecule has 2 heterocycles. The minimum absolute atomic E-state index is 0.0614. The van der Waals surface area contributed by atoms with Crippen molar-refractivity contribution < 1.29 is 21.9 Å². The molecule has 12 heteroatoms. The van der Waals surface area contributed by atoms with Crippen LogP contribution < -0.4 is 16.4 Å². The van der Waals surface area contributed by atoms with E-state index in [0.29, 0.717) is 29.1 Å². The standard InChI is InChI=1S/C26H29F3N6O2S/c1-15(17-7-11-21(38(36)37)18(12-17)13-25(2,3)30)32-24-34-20-10-9-19(8-6-16-4-5-16)33-22(20)23(35-24)31-14-26(27,28)29/h7,9-12,15-16H,4-5,13-14,30H2,1-3H3,(H,36,37)(H2,31,32,34,35). The van der Waals surface area contributed by atoms with Crippen molar-refractivity contribution in [3.8, 4) is 11.8 Å². The molecule has 0 radical (unpaired) electrons. The predicted octanol–water partition coefficient (Wildman–Crippen LogP) is 4.79. The molecule has 0 bridgehead atoms. The Bertz CT molecular complexity index is 1420. The number of nitrogens with two attached hydrogens (primary N) is 1. The summed E-state index contributed by atoms with van der Waals surface area (Å²) in [6, 6.07) is 8.00. The minimum Gasteiger partial charge on any atom is -0.359 e. The van der Waals surface area contributed by atoms with Crippen molar-refractivity contribution >= 4 is 33.9 Å². The van der Waals surface area contributed by atoms with Gasteiger partial charge in [0.1, 0.15) is 17.8 Å². The van der Waals surface area contributed by atoms with Crippen LogP contribution in [0, 0.1) is 17.8 Å². The Morgan fingerprint density at radius 2 is 1.92 bits per heavy atom. The number of hydrogen-bond acceptors (Lipinski definition) is 7. The van der Waals surface area contributed by atoms with E-state index in [4.69, 9.17) is 5.73 Å². The molecule has 8 nitrogen and oxygen atoms in total. The van der Waals surface area contributed by atoms with Gasteiger partial charge in [-0.15, -0.1) is 0 Å². The molecule has 202 valence electrons. The molecule has 5 N–H and O–H groups in total. The average molecular weight is 547 g/mol. The highest BCUT2D eigenvalue weighted by Crippen LogP contribution is 2.29. The van der Waals surface area contributed by atoms with Gasteiger partial charge < -0.3 is 20.9 Å². The zero-order valence-electron chi connectivity index (χ0n) is 21.2. The summed E-state index contributed by atoms with van der Waals surface area (Å²) in [4.78, 5) is 13.4. The van der Waals surface area contributed by atoms with Gasteiger partial charge in [-0.1, -0.05) is 18.1 Å². The lowest BCUT2D eigenvalue weighted by molar-refractivity contribution is -0.115. The molecule has 1 fully saturated rings. The number of hydrogen-bond donors (Lipinski definition) is 4. The fourth-order valence-corrected chi connectivity index (χ4v) is 4.34. The Morgan fingerprint density at radius 1 is 1.18 bits per heavy atom. The second kappa shape index (κ2) is 10.8. The van der Waals surface area contributed by atoms with Crippen LogP contribution in [0.1, 0.15) is 56.5 Å². The normalized spacial score (nSPS) is 15.5. The highest BCUT2D eigenvalue weighted by molar-refractivity contribution is 7.79. The zero-order chi connectivity index (χ0) is 27.7. The maximum atomic E-state index is 13.0. The van der Waals surface area contributed by atoms with Gasteiger partial charge in [0.05, 0.1) is 16.5 Å². The van der Waals surface area contributed by atoms with E-state index in [0.717, 1.165) is 18.4 Å². The average Bonchev–Trinajstić information content (AvgIpc) is 3.64. The van der Waals surface area contributed by atoms with Gasteiger partial charge in [0.15, 0.2) is 16.9 Å². The Labute approximate surface area is 221 Å². The Balaban J connectivity index is 1.66. The van der Waals surface area contributed by atoms with Crippen LogP contribution in [0.4, 0.5) is 24.9 Å². The topological polar surface area (TPSA) is 126 Å². The summed E-state index contributed by atoms with van der Waals surface area (Å²) in [6.07, 6.45) is -2.00. The summed E-state index contributed by atoms with van der Waals surface area (Å²) in [6.45, 7) is 4.18. The summed E-state index contributed by atoms with van der Waals surface area (Å²) in [5.41, 5.74) is 7.90. The molecule has 0 aliphatic heterocycles. The third-order valence-corrected chi connectivity index (χ3v) is 6.52. The van der Waals surface area contributed by atoms with Gasteiger partial charge in [-0.2, -0.15) is 18.2 Å². The van der Waals surface area contributed by atoms with Crippen LogP contribution in [-0.4, -0.2) is 42.0 Å². The van der Waals surface area contributed by atoms with Crippen molar-refractivity contribution in [3.05, 3.63) is 47.2 Å². The SMILES string of the molecule is CC(Nc1nc(NCC(F)(F)F)c2nc(C#CC3CC3)ccc2n1)c1ccc(S(=O)O)c(CC(C)(C)N)c1. The fourth-order valence-electron chi connectivity index (χ4n) is 3.80. The maximum Gasteiger partial charge on any atom is 0.405 e. The number of nitrogens with one attached hydrogen (secondary N) is 2. The number of aromatic nitrogens is 3. The first-order valence-electron chi connectivity index (χ1n) is 12.1. The van der Waals surface area contributed by atoms with Crippen LogP contribution in [0.3, 0.4) is 0 Å². The molecule has 3 aromatic rings. The molecule has 2 atom stereocenters. The van der Waals surface area contributed by atoms with Crippen LogP contribution in [0.2, 0.25) is 0 Å². The molecular weight excluding hydrogens is 517 g/mol. The molecule has 0 saturated heterocycles. The molecular formula is C26H29F3N6O2S. The lowest BCUT2D eigenvalue weighted by atomic mass is 9.94. The van der Waals surface area contributed by atoms with Crippen LogP contribution in [-0.2, 0) is 17.5 Å². The number of pyridine rings is 1. The van der Waals surface area contributed by atoms with Crippen LogP contribution in [0.5, 0.6) is 0 Å². The van der Waals surface area contributed by atoms with Crippen molar-refractivity contribution in [2.24, 2.45) is 11.7 Å². The second-order valence-corrected chi connectivity index (χ2v) is 11.1. The smallest absolute Gasteiger partial charge is 0.359 e. The van der Waals surface area contributed by atoms with Gasteiger partial charge in [0.2, 0.25) is 5.95 Å². The van der Waals surface area contributed by atoms with Crippen molar-refractivity contribution in [1.29, 1.82) is 0 Å². The van der Waals surface area contributed by atoms with Crippen molar-refractivity contribution in [1.82, 2.24) is 15.0 Å². The van der Waals surface area contributed by atoms with Gasteiger partial charge in [-0.25, -0.2) is 14.2 Å². The molecule has 1 saturated carbocycles. The number of fused-ring (bicyclic) bond motifs is 1. The van der Waals surface area contributed by atoms with E-state index in [-0.39, 0.29) is 28.2 Å². The number of benzene rings is 1. The Hall–Kier alpha value is -3.27. The fraction of sp³-hybridized carbons (Fsp3) is 0.423. The molecule has 38 heavy (non-hydrogen) atoms. The number of alkyl halides is 3. The van der Waals surface area contributed by atoms with Crippen molar-refractivity contribution in [2.45, 2.75) is 62.7 Å². The lowest BCUT2D eigenvalue weighted by Crippen LogP contribution is -2.34. The van der Waals surface area contributed by atoms with E-state index in [1.165, 1.54) is 0 Å². The summed E-state index contributed by atoms with van der Waals surface area (Å²) in [5, 5.41) is 5.46. The first-order valence-corrected chi connectivity index (χ1v) is 13.2. The van der Waals surface area contributed by atoms with Crippen LogP contribution in [0.25, 0.3) is 11.0 Å². The Kier molecular flexibility index (Phi) is 7.92.